The number of piperidine rings is 1. The van der Waals surface area contributed by atoms with Gasteiger partial charge in [0.15, 0.2) is 5.65 Å². The fraction of sp³-hybridized carbons (Fsp3) is 0.625. The van der Waals surface area contributed by atoms with Crippen molar-refractivity contribution in [3.63, 3.8) is 0 Å². The number of aromatic nitrogens is 3. The van der Waals surface area contributed by atoms with Crippen molar-refractivity contribution < 1.29 is 0 Å². The van der Waals surface area contributed by atoms with Crippen LogP contribution in [0.1, 0.15) is 32.6 Å². The lowest BCUT2D eigenvalue weighted by Gasteiger charge is -2.42. The van der Waals surface area contributed by atoms with Gasteiger partial charge in [0.05, 0.1) is 3.57 Å². The first-order valence-corrected chi connectivity index (χ1v) is 9.15. The Balaban J connectivity index is 1.59. The van der Waals surface area contributed by atoms with E-state index in [0.29, 0.717) is 11.5 Å². The van der Waals surface area contributed by atoms with Gasteiger partial charge in [0, 0.05) is 37.7 Å². The van der Waals surface area contributed by atoms with Crippen LogP contribution in [0, 0.1) is 14.9 Å². The Morgan fingerprint density at radius 1 is 1.32 bits per heavy atom. The molecule has 1 saturated heterocycles. The van der Waals surface area contributed by atoms with Crippen LogP contribution in [-0.2, 0) is 0 Å². The molecular weight excluding hydrogens is 389 g/mol. The third-order valence-corrected chi connectivity index (χ3v) is 6.36. The summed E-state index contributed by atoms with van der Waals surface area (Å²) in [6, 6.07) is 0.377. The van der Waals surface area contributed by atoms with Gasteiger partial charge in [-0.2, -0.15) is 0 Å². The van der Waals surface area contributed by atoms with Gasteiger partial charge in [0.1, 0.15) is 0 Å². The fourth-order valence-corrected chi connectivity index (χ4v) is 4.99. The van der Waals surface area contributed by atoms with E-state index in [-0.39, 0.29) is 0 Å². The number of hydrogen-bond acceptors (Lipinski definition) is 4. The van der Waals surface area contributed by atoms with Crippen molar-refractivity contribution in [2.24, 2.45) is 17.1 Å². The summed E-state index contributed by atoms with van der Waals surface area (Å²) in [6.45, 7) is 4.43. The Labute approximate surface area is 144 Å². The molecule has 0 unspecified atom stereocenters. The number of imidazole rings is 1. The summed E-state index contributed by atoms with van der Waals surface area (Å²) >= 11 is 2.29. The van der Waals surface area contributed by atoms with Crippen LogP contribution < -0.4 is 10.6 Å². The highest BCUT2D eigenvalue weighted by molar-refractivity contribution is 14.1. The molecule has 2 aromatic rings. The minimum atomic E-state index is 0.368. The van der Waals surface area contributed by atoms with E-state index in [1.165, 1.54) is 25.7 Å². The summed E-state index contributed by atoms with van der Waals surface area (Å²) < 4.78 is 3.20. The quantitative estimate of drug-likeness (QED) is 0.734. The van der Waals surface area contributed by atoms with Crippen LogP contribution in [-0.4, -0.2) is 33.5 Å². The molecule has 2 aliphatic rings. The number of hydrogen-bond donors (Lipinski definition) is 1. The number of nitrogens with two attached hydrogens (primary N) is 1. The van der Waals surface area contributed by atoms with E-state index in [2.05, 4.69) is 48.8 Å². The molecule has 0 amide bonds. The second-order valence-corrected chi connectivity index (χ2v) is 8.19. The van der Waals surface area contributed by atoms with Crippen LogP contribution in [0.25, 0.3) is 5.65 Å². The molecule has 0 bridgehead atoms. The van der Waals surface area contributed by atoms with Crippen LogP contribution >= 0.6 is 22.6 Å². The van der Waals surface area contributed by atoms with Gasteiger partial charge in [-0.1, -0.05) is 6.92 Å². The van der Waals surface area contributed by atoms with Crippen molar-refractivity contribution in [2.75, 3.05) is 18.0 Å². The zero-order valence-electron chi connectivity index (χ0n) is 12.9. The molecule has 0 aromatic carbocycles. The molecule has 2 fully saturated rings. The van der Waals surface area contributed by atoms with E-state index in [9.17, 15) is 0 Å². The molecule has 5 nitrogen and oxygen atoms in total. The Kier molecular flexibility index (Phi) is 3.56. The Morgan fingerprint density at radius 3 is 2.77 bits per heavy atom. The molecule has 4 rings (SSSR count). The molecule has 0 radical (unpaired) electrons. The van der Waals surface area contributed by atoms with Gasteiger partial charge in [0.25, 0.3) is 0 Å². The van der Waals surface area contributed by atoms with Gasteiger partial charge in [0.2, 0.25) is 5.95 Å². The Hall–Kier alpha value is -0.890. The van der Waals surface area contributed by atoms with Crippen molar-refractivity contribution in [3.8, 4) is 0 Å². The smallest absolute Gasteiger partial charge is 0.211 e. The molecule has 1 saturated carbocycles. The van der Waals surface area contributed by atoms with Gasteiger partial charge in [-0.05, 0) is 59.6 Å². The first kappa shape index (κ1) is 14.7. The van der Waals surface area contributed by atoms with E-state index < -0.39 is 0 Å². The lowest BCUT2D eigenvalue weighted by atomic mass is 9.74. The maximum absolute atomic E-state index is 6.46. The summed E-state index contributed by atoms with van der Waals surface area (Å²) in [6.07, 6.45) is 10.6. The van der Waals surface area contributed by atoms with E-state index >= 15 is 0 Å². The number of anilines is 1. The molecule has 3 heterocycles. The number of halogens is 1. The largest absolute Gasteiger partial charge is 0.342 e. The molecule has 1 aliphatic carbocycles. The molecule has 2 atom stereocenters. The molecule has 118 valence electrons. The summed E-state index contributed by atoms with van der Waals surface area (Å²) in [5.41, 5.74) is 7.83. The van der Waals surface area contributed by atoms with E-state index in [4.69, 9.17) is 5.73 Å². The lowest BCUT2D eigenvalue weighted by molar-refractivity contribution is 0.192. The highest BCUT2D eigenvalue weighted by Crippen LogP contribution is 2.48. The predicted octanol–water partition coefficient (Wildman–Crippen LogP) is 2.68. The number of nitrogens with zero attached hydrogens (tertiary/aromatic N) is 4. The van der Waals surface area contributed by atoms with Gasteiger partial charge < -0.3 is 10.6 Å². The van der Waals surface area contributed by atoms with Crippen molar-refractivity contribution >= 4 is 34.2 Å². The highest BCUT2D eigenvalue weighted by Gasteiger charge is 2.45. The van der Waals surface area contributed by atoms with Crippen molar-refractivity contribution in [1.82, 2.24) is 14.4 Å². The summed E-state index contributed by atoms with van der Waals surface area (Å²) in [5, 5.41) is 0. The predicted molar refractivity (Wildman–Crippen MR) is 96.0 cm³/mol. The molecule has 6 heteroatoms. The average molecular weight is 411 g/mol. The van der Waals surface area contributed by atoms with Crippen LogP contribution in [0.2, 0.25) is 0 Å². The number of fused-ring (bicyclic) bond motifs is 1. The van der Waals surface area contributed by atoms with Gasteiger partial charge in [-0.15, -0.1) is 0 Å². The van der Waals surface area contributed by atoms with Crippen LogP contribution in [0.5, 0.6) is 0 Å². The Morgan fingerprint density at radius 2 is 2.09 bits per heavy atom. The van der Waals surface area contributed by atoms with Gasteiger partial charge >= 0.3 is 0 Å². The van der Waals surface area contributed by atoms with Crippen molar-refractivity contribution in [1.29, 1.82) is 0 Å². The van der Waals surface area contributed by atoms with Gasteiger partial charge in [-0.25, -0.2) is 9.97 Å². The molecule has 2 N–H and O–H groups in total. The van der Waals surface area contributed by atoms with Crippen LogP contribution in [0.3, 0.4) is 0 Å². The maximum Gasteiger partial charge on any atom is 0.211 e. The summed E-state index contributed by atoms with van der Waals surface area (Å²) in [5.74, 6) is 1.79. The zero-order valence-corrected chi connectivity index (χ0v) is 15.0. The van der Waals surface area contributed by atoms with Crippen molar-refractivity contribution in [3.05, 3.63) is 22.2 Å². The second-order valence-electron chi connectivity index (χ2n) is 7.03. The second kappa shape index (κ2) is 5.33. The van der Waals surface area contributed by atoms with Crippen molar-refractivity contribution in [2.45, 2.75) is 38.6 Å². The normalized spacial score (nSPS) is 27.9. The SMILES string of the molecule is C[C@H]1C[C@@H](N)C2(CCN(c3ncc(I)c4nccn34)CC2)C1. The summed E-state index contributed by atoms with van der Waals surface area (Å²) in [7, 11) is 0. The highest BCUT2D eigenvalue weighted by atomic mass is 127. The van der Waals surface area contributed by atoms with Crippen LogP contribution in [0.4, 0.5) is 5.95 Å². The first-order valence-electron chi connectivity index (χ1n) is 8.07. The summed E-state index contributed by atoms with van der Waals surface area (Å²) in [4.78, 5) is 11.5. The van der Waals surface area contributed by atoms with E-state index in [1.54, 1.807) is 0 Å². The van der Waals surface area contributed by atoms with E-state index in [0.717, 1.165) is 34.2 Å². The standard InChI is InChI=1S/C16H22IN5/c1-11-8-13(18)16(9-11)2-5-21(6-3-16)15-20-10-12(17)14-19-4-7-22(14)15/h4,7,10-11,13H,2-3,5-6,8-9,18H2,1H3/t11-,13+/m0/s1. The zero-order chi connectivity index (χ0) is 15.3. The third-order valence-electron chi connectivity index (χ3n) is 5.60. The molecule has 22 heavy (non-hydrogen) atoms. The number of rotatable bonds is 1. The van der Waals surface area contributed by atoms with Gasteiger partial charge in [-0.3, -0.25) is 4.40 Å². The monoisotopic (exact) mass is 411 g/mol. The molecule has 1 aliphatic heterocycles. The fourth-order valence-electron chi connectivity index (χ4n) is 4.45. The maximum atomic E-state index is 6.46. The average Bonchev–Trinajstić information content (AvgIpc) is 3.08. The third kappa shape index (κ3) is 2.22. The topological polar surface area (TPSA) is 59.5 Å². The van der Waals surface area contributed by atoms with E-state index in [1.807, 2.05) is 18.6 Å². The molecule has 2 aromatic heterocycles. The van der Waals surface area contributed by atoms with Crippen LogP contribution in [0.15, 0.2) is 18.6 Å². The molecule has 1 spiro atoms. The Bertz CT molecular complexity index is 689. The minimum absolute atomic E-state index is 0.368. The minimum Gasteiger partial charge on any atom is -0.342 e. The first-order chi connectivity index (χ1) is 10.6. The molecular formula is C16H22IN5. The lowest BCUT2D eigenvalue weighted by Crippen LogP contribution is -2.47.